The standard InChI is InChI=1S/C17H18ClN3O4/c1-17(2)21(16(22)23)13(9-25-17)10-4-5-12(18)11(8-10)15-19-7-6-14(20-15)24-3/h4-8,13H,9H2,1-3H3,(H,22,23). The Kier molecular flexibility index (Phi) is 4.53. The normalized spacial score (nSPS) is 19.0. The van der Waals surface area contributed by atoms with Crippen molar-refractivity contribution in [2.45, 2.75) is 25.6 Å². The van der Waals surface area contributed by atoms with E-state index in [1.54, 1.807) is 44.3 Å². The van der Waals surface area contributed by atoms with Crippen LogP contribution in [0.25, 0.3) is 11.4 Å². The van der Waals surface area contributed by atoms with E-state index in [0.29, 0.717) is 22.3 Å². The van der Waals surface area contributed by atoms with Crippen molar-refractivity contribution in [2.24, 2.45) is 0 Å². The molecule has 7 nitrogen and oxygen atoms in total. The summed E-state index contributed by atoms with van der Waals surface area (Å²) in [5.74, 6) is 0.829. The number of carbonyl (C=O) groups is 1. The lowest BCUT2D eigenvalue weighted by Crippen LogP contribution is -2.44. The number of hydrogen-bond acceptors (Lipinski definition) is 5. The molecule has 0 radical (unpaired) electrons. The molecule has 2 aromatic rings. The van der Waals surface area contributed by atoms with Crippen molar-refractivity contribution in [3.63, 3.8) is 0 Å². The molecular formula is C17H18ClN3O4. The molecule has 8 heteroatoms. The summed E-state index contributed by atoms with van der Waals surface area (Å²) < 4.78 is 10.8. The second-order valence-corrected chi connectivity index (χ2v) is 6.50. The molecular weight excluding hydrogens is 346 g/mol. The van der Waals surface area contributed by atoms with Crippen LogP contribution in [0.3, 0.4) is 0 Å². The SMILES string of the molecule is COc1ccnc(-c2cc(C3COC(C)(C)N3C(=O)O)ccc2Cl)n1. The number of amides is 1. The van der Waals surface area contributed by atoms with Crippen LogP contribution >= 0.6 is 11.6 Å². The predicted molar refractivity (Wildman–Crippen MR) is 91.7 cm³/mol. The molecule has 1 fully saturated rings. The van der Waals surface area contributed by atoms with E-state index in [1.165, 1.54) is 12.0 Å². The number of nitrogens with zero attached hydrogens (tertiary/aromatic N) is 3. The number of halogens is 1. The van der Waals surface area contributed by atoms with Crippen molar-refractivity contribution in [1.82, 2.24) is 14.9 Å². The van der Waals surface area contributed by atoms with Crippen LogP contribution in [-0.4, -0.2) is 45.5 Å². The lowest BCUT2D eigenvalue weighted by Gasteiger charge is -2.31. The molecule has 1 atom stereocenters. The Morgan fingerprint density at radius 2 is 2.20 bits per heavy atom. The lowest BCUT2D eigenvalue weighted by atomic mass is 10.0. The van der Waals surface area contributed by atoms with E-state index in [1.807, 2.05) is 0 Å². The summed E-state index contributed by atoms with van der Waals surface area (Å²) in [5, 5.41) is 10.0. The minimum absolute atomic E-state index is 0.263. The molecule has 132 valence electrons. The van der Waals surface area contributed by atoms with Crippen molar-refractivity contribution in [2.75, 3.05) is 13.7 Å². The van der Waals surface area contributed by atoms with Crippen LogP contribution in [0.15, 0.2) is 30.5 Å². The molecule has 1 N–H and O–H groups in total. The molecule has 0 spiro atoms. The Hall–Kier alpha value is -2.38. The van der Waals surface area contributed by atoms with E-state index < -0.39 is 17.9 Å². The first-order chi connectivity index (χ1) is 11.8. The van der Waals surface area contributed by atoms with Gasteiger partial charge in [-0.05, 0) is 31.5 Å². The molecule has 1 saturated heterocycles. The molecule has 1 aromatic carbocycles. The molecule has 1 amide bonds. The minimum Gasteiger partial charge on any atom is -0.481 e. The number of ether oxygens (including phenoxy) is 2. The number of aromatic nitrogens is 2. The van der Waals surface area contributed by atoms with Gasteiger partial charge < -0.3 is 14.6 Å². The highest BCUT2D eigenvalue weighted by Crippen LogP contribution is 2.39. The van der Waals surface area contributed by atoms with Gasteiger partial charge in [-0.2, -0.15) is 4.98 Å². The number of hydrogen-bond donors (Lipinski definition) is 1. The van der Waals surface area contributed by atoms with Crippen LogP contribution in [0.2, 0.25) is 5.02 Å². The van der Waals surface area contributed by atoms with E-state index in [0.717, 1.165) is 5.56 Å². The summed E-state index contributed by atoms with van der Waals surface area (Å²) >= 11 is 6.31. The summed E-state index contributed by atoms with van der Waals surface area (Å²) in [6.45, 7) is 3.71. The quantitative estimate of drug-likeness (QED) is 0.896. The molecule has 3 rings (SSSR count). The summed E-state index contributed by atoms with van der Waals surface area (Å²) in [5.41, 5.74) is 0.467. The first-order valence-corrected chi connectivity index (χ1v) is 8.04. The van der Waals surface area contributed by atoms with Crippen molar-refractivity contribution >= 4 is 17.7 Å². The number of carboxylic acid groups (broad SMARTS) is 1. The summed E-state index contributed by atoms with van der Waals surface area (Å²) in [4.78, 5) is 21.5. The molecule has 0 bridgehead atoms. The van der Waals surface area contributed by atoms with Gasteiger partial charge in [-0.3, -0.25) is 4.90 Å². The maximum absolute atomic E-state index is 11.7. The van der Waals surface area contributed by atoms with Gasteiger partial charge in [-0.15, -0.1) is 0 Å². The van der Waals surface area contributed by atoms with Gasteiger partial charge in [-0.1, -0.05) is 17.7 Å². The average Bonchev–Trinajstić information content (AvgIpc) is 2.90. The Bertz CT molecular complexity index is 812. The lowest BCUT2D eigenvalue weighted by molar-refractivity contribution is -0.0420. The van der Waals surface area contributed by atoms with Gasteiger partial charge in [0, 0.05) is 17.8 Å². The third-order valence-corrected chi connectivity index (χ3v) is 4.48. The first kappa shape index (κ1) is 17.4. The first-order valence-electron chi connectivity index (χ1n) is 7.66. The van der Waals surface area contributed by atoms with E-state index in [4.69, 9.17) is 21.1 Å². The third kappa shape index (κ3) is 3.25. The maximum atomic E-state index is 11.7. The molecule has 0 aliphatic carbocycles. The zero-order valence-electron chi connectivity index (χ0n) is 14.1. The summed E-state index contributed by atoms with van der Waals surface area (Å²) in [6.07, 6.45) is 0.539. The average molecular weight is 364 g/mol. The fraction of sp³-hybridized carbons (Fsp3) is 0.353. The van der Waals surface area contributed by atoms with Gasteiger partial charge in [0.25, 0.3) is 0 Å². The van der Waals surface area contributed by atoms with E-state index in [-0.39, 0.29) is 6.61 Å². The van der Waals surface area contributed by atoms with Crippen LogP contribution in [-0.2, 0) is 4.74 Å². The second kappa shape index (κ2) is 6.50. The Morgan fingerprint density at radius 1 is 1.44 bits per heavy atom. The number of rotatable bonds is 3. The van der Waals surface area contributed by atoms with Crippen molar-refractivity contribution < 1.29 is 19.4 Å². The number of benzene rings is 1. The fourth-order valence-electron chi connectivity index (χ4n) is 2.92. The van der Waals surface area contributed by atoms with Gasteiger partial charge in [0.2, 0.25) is 5.88 Å². The topological polar surface area (TPSA) is 84.8 Å². The maximum Gasteiger partial charge on any atom is 0.410 e. The van der Waals surface area contributed by atoms with Crippen LogP contribution in [0.4, 0.5) is 4.79 Å². The van der Waals surface area contributed by atoms with Gasteiger partial charge >= 0.3 is 6.09 Å². The van der Waals surface area contributed by atoms with Crippen molar-refractivity contribution in [3.05, 3.63) is 41.0 Å². The van der Waals surface area contributed by atoms with E-state index in [2.05, 4.69) is 9.97 Å². The fourth-order valence-corrected chi connectivity index (χ4v) is 3.12. The zero-order valence-corrected chi connectivity index (χ0v) is 14.8. The Balaban J connectivity index is 2.03. The highest BCUT2D eigenvalue weighted by Gasteiger charge is 2.44. The molecule has 1 aromatic heterocycles. The summed E-state index contributed by atoms with van der Waals surface area (Å²) in [7, 11) is 1.52. The predicted octanol–water partition coefficient (Wildman–Crippen LogP) is 3.59. The van der Waals surface area contributed by atoms with Crippen LogP contribution < -0.4 is 4.74 Å². The number of methoxy groups -OCH3 is 1. The van der Waals surface area contributed by atoms with Crippen LogP contribution in [0, 0.1) is 0 Å². The molecule has 1 aliphatic rings. The smallest absolute Gasteiger partial charge is 0.410 e. The molecule has 1 aliphatic heterocycles. The van der Waals surface area contributed by atoms with Gasteiger partial charge in [0.05, 0.1) is 24.8 Å². The van der Waals surface area contributed by atoms with Gasteiger partial charge in [0.1, 0.15) is 5.72 Å². The van der Waals surface area contributed by atoms with E-state index >= 15 is 0 Å². The molecule has 25 heavy (non-hydrogen) atoms. The van der Waals surface area contributed by atoms with Crippen LogP contribution in [0.1, 0.15) is 25.5 Å². The summed E-state index contributed by atoms with van der Waals surface area (Å²) in [6, 6.07) is 6.50. The monoisotopic (exact) mass is 363 g/mol. The van der Waals surface area contributed by atoms with E-state index in [9.17, 15) is 9.90 Å². The molecule has 2 heterocycles. The van der Waals surface area contributed by atoms with Gasteiger partial charge in [-0.25, -0.2) is 9.78 Å². The minimum atomic E-state index is -1.04. The highest BCUT2D eigenvalue weighted by atomic mass is 35.5. The second-order valence-electron chi connectivity index (χ2n) is 6.09. The van der Waals surface area contributed by atoms with Crippen LogP contribution in [0.5, 0.6) is 5.88 Å². The van der Waals surface area contributed by atoms with Gasteiger partial charge in [0.15, 0.2) is 5.82 Å². The molecule has 1 unspecified atom stereocenters. The Morgan fingerprint density at radius 3 is 2.88 bits per heavy atom. The molecule has 0 saturated carbocycles. The third-order valence-electron chi connectivity index (χ3n) is 4.15. The van der Waals surface area contributed by atoms with Crippen molar-refractivity contribution in [3.8, 4) is 17.3 Å². The largest absolute Gasteiger partial charge is 0.481 e. The Labute approximate surface area is 150 Å². The highest BCUT2D eigenvalue weighted by molar-refractivity contribution is 6.33. The van der Waals surface area contributed by atoms with Crippen molar-refractivity contribution in [1.29, 1.82) is 0 Å². The zero-order chi connectivity index (χ0) is 18.2.